The van der Waals surface area contributed by atoms with Gasteiger partial charge in [0.25, 0.3) is 0 Å². The third-order valence-corrected chi connectivity index (χ3v) is 3.30. The maximum Gasteiger partial charge on any atom is 0.346 e. The zero-order valence-electron chi connectivity index (χ0n) is 13.5. The summed E-state index contributed by atoms with van der Waals surface area (Å²) in [7, 11) is 4.00. The van der Waals surface area contributed by atoms with Gasteiger partial charge >= 0.3 is 5.69 Å². The van der Waals surface area contributed by atoms with Crippen molar-refractivity contribution >= 4 is 0 Å². The van der Waals surface area contributed by atoms with Crippen molar-refractivity contribution in [1.29, 1.82) is 0 Å². The molecule has 2 rings (SSSR count). The molecule has 5 nitrogen and oxygen atoms in total. The molecule has 0 spiro atoms. The third-order valence-electron chi connectivity index (χ3n) is 3.30. The van der Waals surface area contributed by atoms with E-state index in [4.69, 9.17) is 0 Å². The summed E-state index contributed by atoms with van der Waals surface area (Å²) in [5.74, 6) is 0.734. The average Bonchev–Trinajstić information content (AvgIpc) is 2.74. The molecule has 0 fully saturated rings. The second kappa shape index (κ2) is 5.85. The van der Waals surface area contributed by atoms with Crippen LogP contribution in [0.15, 0.2) is 35.1 Å². The predicted molar refractivity (Wildman–Crippen MR) is 85.5 cm³/mol. The van der Waals surface area contributed by atoms with Crippen LogP contribution in [0, 0.1) is 0 Å². The molecule has 0 aliphatic carbocycles. The van der Waals surface area contributed by atoms with Crippen molar-refractivity contribution in [3.8, 4) is 11.4 Å². The second-order valence-corrected chi connectivity index (χ2v) is 6.51. The van der Waals surface area contributed by atoms with E-state index in [0.29, 0.717) is 6.54 Å². The largest absolute Gasteiger partial charge is 0.346 e. The SMILES string of the molecule is CN(C)CCn1c(-c2ccccc2)nn(C(C)(C)C)c1=O. The highest BCUT2D eigenvalue weighted by Crippen LogP contribution is 2.18. The fraction of sp³-hybridized carbons (Fsp3) is 0.500. The maximum absolute atomic E-state index is 12.7. The molecule has 0 radical (unpaired) electrons. The Balaban J connectivity index is 2.55. The van der Waals surface area contributed by atoms with Crippen LogP contribution in [0.2, 0.25) is 0 Å². The number of benzene rings is 1. The minimum atomic E-state index is -0.329. The monoisotopic (exact) mass is 288 g/mol. The summed E-state index contributed by atoms with van der Waals surface area (Å²) >= 11 is 0. The summed E-state index contributed by atoms with van der Waals surface area (Å²) in [6.07, 6.45) is 0. The van der Waals surface area contributed by atoms with E-state index in [-0.39, 0.29) is 11.2 Å². The van der Waals surface area contributed by atoms with E-state index in [2.05, 4.69) is 10.00 Å². The first kappa shape index (κ1) is 15.5. The summed E-state index contributed by atoms with van der Waals surface area (Å²) in [5, 5.41) is 4.58. The van der Waals surface area contributed by atoms with Gasteiger partial charge in [0.15, 0.2) is 5.82 Å². The van der Waals surface area contributed by atoms with Crippen LogP contribution in [0.1, 0.15) is 20.8 Å². The molecule has 0 aliphatic rings. The number of hydrogen-bond acceptors (Lipinski definition) is 3. The van der Waals surface area contributed by atoms with Gasteiger partial charge in [-0.3, -0.25) is 4.57 Å². The van der Waals surface area contributed by atoms with E-state index in [1.54, 1.807) is 9.25 Å². The molecule has 5 heteroatoms. The van der Waals surface area contributed by atoms with Crippen molar-refractivity contribution in [3.05, 3.63) is 40.8 Å². The fourth-order valence-corrected chi connectivity index (χ4v) is 2.14. The molecule has 1 aromatic heterocycles. The minimum Gasteiger partial charge on any atom is -0.308 e. The fourth-order valence-electron chi connectivity index (χ4n) is 2.14. The molecule has 0 saturated carbocycles. The van der Waals surface area contributed by atoms with E-state index in [0.717, 1.165) is 17.9 Å². The van der Waals surface area contributed by atoms with Gasteiger partial charge in [0.05, 0.1) is 5.54 Å². The summed E-state index contributed by atoms with van der Waals surface area (Å²) in [5.41, 5.74) is 0.587. The molecular formula is C16H24N4O. The summed E-state index contributed by atoms with van der Waals surface area (Å²) in [6.45, 7) is 7.41. The zero-order valence-corrected chi connectivity index (χ0v) is 13.5. The van der Waals surface area contributed by atoms with Crippen LogP contribution in [0.25, 0.3) is 11.4 Å². The lowest BCUT2D eigenvalue weighted by molar-refractivity contribution is 0.335. The van der Waals surface area contributed by atoms with Gasteiger partial charge in [-0.2, -0.15) is 0 Å². The Kier molecular flexibility index (Phi) is 4.32. The van der Waals surface area contributed by atoms with Gasteiger partial charge in [0.1, 0.15) is 0 Å². The Labute approximate surface area is 125 Å². The Bertz CT molecular complexity index is 647. The van der Waals surface area contributed by atoms with E-state index in [9.17, 15) is 4.79 Å². The number of rotatable bonds is 4. The van der Waals surface area contributed by atoms with Crippen LogP contribution >= 0.6 is 0 Å². The molecule has 21 heavy (non-hydrogen) atoms. The van der Waals surface area contributed by atoms with Crippen LogP contribution in [0.5, 0.6) is 0 Å². The van der Waals surface area contributed by atoms with Crippen LogP contribution < -0.4 is 5.69 Å². The van der Waals surface area contributed by atoms with Crippen LogP contribution in [0.3, 0.4) is 0 Å². The van der Waals surface area contributed by atoms with Crippen LogP contribution in [0.4, 0.5) is 0 Å². The first-order valence-corrected chi connectivity index (χ1v) is 7.21. The molecule has 0 atom stereocenters. The van der Waals surface area contributed by atoms with Gasteiger partial charge in [0.2, 0.25) is 0 Å². The predicted octanol–water partition coefficient (Wildman–Crippen LogP) is 2.03. The lowest BCUT2D eigenvalue weighted by atomic mass is 10.1. The van der Waals surface area contributed by atoms with Gasteiger partial charge in [0, 0.05) is 18.7 Å². The van der Waals surface area contributed by atoms with Gasteiger partial charge in [-0.15, -0.1) is 5.10 Å². The minimum absolute atomic E-state index is 0.0526. The number of likely N-dealkylation sites (N-methyl/N-ethyl adjacent to an activating group) is 1. The Morgan fingerprint density at radius 2 is 1.76 bits per heavy atom. The topological polar surface area (TPSA) is 43.1 Å². The molecule has 0 bridgehead atoms. The Hall–Kier alpha value is -1.88. The van der Waals surface area contributed by atoms with Crippen molar-refractivity contribution in [3.63, 3.8) is 0 Å². The molecule has 0 unspecified atom stereocenters. The molecule has 0 aliphatic heterocycles. The first-order chi connectivity index (χ1) is 9.80. The highest BCUT2D eigenvalue weighted by atomic mass is 16.2. The molecule has 0 amide bonds. The van der Waals surface area contributed by atoms with Gasteiger partial charge in [-0.05, 0) is 34.9 Å². The molecular weight excluding hydrogens is 264 g/mol. The molecule has 1 aromatic carbocycles. The summed E-state index contributed by atoms with van der Waals surface area (Å²) in [6, 6.07) is 9.87. The van der Waals surface area contributed by atoms with Crippen molar-refractivity contribution in [2.24, 2.45) is 0 Å². The summed E-state index contributed by atoms with van der Waals surface area (Å²) in [4.78, 5) is 14.7. The highest BCUT2D eigenvalue weighted by molar-refractivity contribution is 5.54. The van der Waals surface area contributed by atoms with Crippen LogP contribution in [-0.2, 0) is 12.1 Å². The average molecular weight is 288 g/mol. The quantitative estimate of drug-likeness (QED) is 0.864. The first-order valence-electron chi connectivity index (χ1n) is 7.21. The lowest BCUT2D eigenvalue weighted by Crippen LogP contribution is -2.36. The van der Waals surface area contributed by atoms with Gasteiger partial charge in [-0.25, -0.2) is 9.48 Å². The van der Waals surface area contributed by atoms with Gasteiger partial charge < -0.3 is 4.90 Å². The van der Waals surface area contributed by atoms with Crippen molar-refractivity contribution < 1.29 is 0 Å². The zero-order chi connectivity index (χ0) is 15.6. The van der Waals surface area contributed by atoms with E-state index >= 15 is 0 Å². The molecule has 0 N–H and O–H groups in total. The molecule has 1 heterocycles. The van der Waals surface area contributed by atoms with E-state index in [1.165, 1.54) is 0 Å². The third kappa shape index (κ3) is 3.42. The second-order valence-electron chi connectivity index (χ2n) is 6.51. The summed E-state index contributed by atoms with van der Waals surface area (Å²) < 4.78 is 3.34. The van der Waals surface area contributed by atoms with Crippen molar-refractivity contribution in [1.82, 2.24) is 19.2 Å². The van der Waals surface area contributed by atoms with E-state index < -0.39 is 0 Å². The van der Waals surface area contributed by atoms with Crippen molar-refractivity contribution in [2.45, 2.75) is 32.9 Å². The molecule has 2 aromatic rings. The normalized spacial score (nSPS) is 12.1. The van der Waals surface area contributed by atoms with Gasteiger partial charge in [-0.1, -0.05) is 30.3 Å². The lowest BCUT2D eigenvalue weighted by Gasteiger charge is -2.17. The molecule has 0 saturated heterocycles. The number of hydrogen-bond donors (Lipinski definition) is 0. The smallest absolute Gasteiger partial charge is 0.308 e. The molecule has 114 valence electrons. The Morgan fingerprint density at radius 1 is 1.14 bits per heavy atom. The van der Waals surface area contributed by atoms with E-state index in [1.807, 2.05) is 65.2 Å². The maximum atomic E-state index is 12.7. The van der Waals surface area contributed by atoms with Crippen molar-refractivity contribution in [2.75, 3.05) is 20.6 Å². The number of aromatic nitrogens is 3. The standard InChI is InChI=1S/C16H24N4O/c1-16(2,3)20-15(21)19(12-11-18(4)5)14(17-20)13-9-7-6-8-10-13/h6-10H,11-12H2,1-5H3. The highest BCUT2D eigenvalue weighted by Gasteiger charge is 2.22. The van der Waals surface area contributed by atoms with Crippen LogP contribution in [-0.4, -0.2) is 39.9 Å². The Morgan fingerprint density at radius 3 is 2.29 bits per heavy atom. The number of nitrogens with zero attached hydrogens (tertiary/aromatic N) is 4.